The Kier molecular flexibility index (Phi) is 7.45. The maximum Gasteiger partial charge on any atom is 0.0722 e. The third-order valence-corrected chi connectivity index (χ3v) is 2.15. The van der Waals surface area contributed by atoms with Crippen molar-refractivity contribution in [3.8, 4) is 0 Å². The van der Waals surface area contributed by atoms with Gasteiger partial charge in [0.15, 0.2) is 0 Å². The maximum atomic E-state index is 8.54. The van der Waals surface area contributed by atoms with Gasteiger partial charge in [0, 0.05) is 19.8 Å². The predicted molar refractivity (Wildman–Crippen MR) is 50.0 cm³/mol. The predicted octanol–water partition coefficient (Wildman–Crippen LogP) is 0.759. The fourth-order valence-electron chi connectivity index (χ4n) is 1.03. The third-order valence-electron chi connectivity index (χ3n) is 2.15. The van der Waals surface area contributed by atoms with Crippen LogP contribution in [0, 0.1) is 5.92 Å². The lowest BCUT2D eigenvalue weighted by atomic mass is 10.0. The van der Waals surface area contributed by atoms with Gasteiger partial charge in [0.2, 0.25) is 0 Å². The highest BCUT2D eigenvalue weighted by Crippen LogP contribution is 2.10. The minimum Gasteiger partial charge on any atom is -0.396 e. The Hall–Kier alpha value is -0.120. The average Bonchev–Trinajstić information content (AvgIpc) is 2.11. The third kappa shape index (κ3) is 4.70. The largest absolute Gasteiger partial charge is 0.396 e. The summed E-state index contributed by atoms with van der Waals surface area (Å²) in [6, 6.07) is 0. The topological polar surface area (TPSA) is 55.5 Å². The molecule has 12 heavy (non-hydrogen) atoms. The Morgan fingerprint density at radius 3 is 2.58 bits per heavy atom. The van der Waals surface area contributed by atoms with Crippen molar-refractivity contribution in [3.63, 3.8) is 0 Å². The van der Waals surface area contributed by atoms with E-state index in [9.17, 15) is 0 Å². The molecule has 74 valence electrons. The monoisotopic (exact) mass is 175 g/mol. The van der Waals surface area contributed by atoms with Crippen LogP contribution < -0.4 is 5.73 Å². The van der Waals surface area contributed by atoms with E-state index in [2.05, 4.69) is 13.8 Å². The zero-order valence-electron chi connectivity index (χ0n) is 8.12. The van der Waals surface area contributed by atoms with Gasteiger partial charge in [0.05, 0.1) is 6.10 Å². The summed E-state index contributed by atoms with van der Waals surface area (Å²) in [7, 11) is 0. The van der Waals surface area contributed by atoms with E-state index in [4.69, 9.17) is 15.6 Å². The van der Waals surface area contributed by atoms with Gasteiger partial charge < -0.3 is 15.6 Å². The molecule has 2 atom stereocenters. The van der Waals surface area contributed by atoms with Crippen LogP contribution in [0.5, 0.6) is 0 Å². The minimum absolute atomic E-state index is 0.154. The maximum absolute atomic E-state index is 8.54. The van der Waals surface area contributed by atoms with Crippen molar-refractivity contribution in [3.05, 3.63) is 0 Å². The number of nitrogens with two attached hydrogens (primary N) is 1. The van der Waals surface area contributed by atoms with Crippen LogP contribution in [0.25, 0.3) is 0 Å². The van der Waals surface area contributed by atoms with Crippen LogP contribution in [0.3, 0.4) is 0 Å². The summed E-state index contributed by atoms with van der Waals surface area (Å²) >= 11 is 0. The molecule has 0 fully saturated rings. The van der Waals surface area contributed by atoms with E-state index in [0.29, 0.717) is 25.5 Å². The Morgan fingerprint density at radius 1 is 1.50 bits per heavy atom. The number of ether oxygens (including phenoxy) is 1. The Balaban J connectivity index is 3.52. The van der Waals surface area contributed by atoms with E-state index >= 15 is 0 Å². The minimum atomic E-state index is 0.154. The second-order valence-electron chi connectivity index (χ2n) is 3.11. The molecular formula is C9H21NO2. The number of hydrogen-bond acceptors (Lipinski definition) is 3. The van der Waals surface area contributed by atoms with E-state index in [1.165, 1.54) is 0 Å². The number of hydrogen-bond donors (Lipinski definition) is 2. The van der Waals surface area contributed by atoms with Crippen molar-refractivity contribution in [1.29, 1.82) is 0 Å². The highest BCUT2D eigenvalue weighted by atomic mass is 16.5. The molecule has 0 aromatic carbocycles. The van der Waals surface area contributed by atoms with Crippen LogP contribution >= 0.6 is 0 Å². The molecule has 0 heterocycles. The first kappa shape index (κ1) is 11.9. The van der Waals surface area contributed by atoms with Crippen molar-refractivity contribution in [2.75, 3.05) is 19.8 Å². The average molecular weight is 175 g/mol. The first-order valence-electron chi connectivity index (χ1n) is 4.68. The van der Waals surface area contributed by atoms with Gasteiger partial charge in [0.25, 0.3) is 0 Å². The molecule has 0 rings (SSSR count). The smallest absolute Gasteiger partial charge is 0.0722 e. The van der Waals surface area contributed by atoms with Gasteiger partial charge >= 0.3 is 0 Å². The van der Waals surface area contributed by atoms with Crippen molar-refractivity contribution in [1.82, 2.24) is 0 Å². The molecule has 0 spiro atoms. The van der Waals surface area contributed by atoms with Gasteiger partial charge in [-0.1, -0.05) is 20.3 Å². The molecule has 0 aromatic heterocycles. The SMILES string of the molecule is CCC(C)C(CN)OCCCO. The lowest BCUT2D eigenvalue weighted by Gasteiger charge is -2.21. The van der Waals surface area contributed by atoms with Crippen molar-refractivity contribution < 1.29 is 9.84 Å². The Bertz CT molecular complexity index is 98.5. The summed E-state index contributed by atoms with van der Waals surface area (Å²) in [5, 5.41) is 8.54. The van der Waals surface area contributed by atoms with Gasteiger partial charge in [-0.05, 0) is 12.3 Å². The van der Waals surface area contributed by atoms with Gasteiger partial charge in [-0.15, -0.1) is 0 Å². The fraction of sp³-hybridized carbons (Fsp3) is 1.00. The first-order chi connectivity index (χ1) is 5.76. The lowest BCUT2D eigenvalue weighted by molar-refractivity contribution is 0.0156. The highest BCUT2D eigenvalue weighted by molar-refractivity contribution is 4.65. The zero-order valence-corrected chi connectivity index (χ0v) is 8.12. The zero-order chi connectivity index (χ0) is 9.40. The van der Waals surface area contributed by atoms with Gasteiger partial charge in [0.1, 0.15) is 0 Å². The van der Waals surface area contributed by atoms with Gasteiger partial charge in [-0.3, -0.25) is 0 Å². The Morgan fingerprint density at radius 2 is 2.17 bits per heavy atom. The normalized spacial score (nSPS) is 16.0. The fourth-order valence-corrected chi connectivity index (χ4v) is 1.03. The molecule has 3 heteroatoms. The molecule has 0 aliphatic rings. The molecule has 0 aliphatic heterocycles. The summed E-state index contributed by atoms with van der Waals surface area (Å²) in [6.07, 6.45) is 1.94. The number of rotatable bonds is 7. The summed E-state index contributed by atoms with van der Waals surface area (Å²) in [6.45, 7) is 5.64. The van der Waals surface area contributed by atoms with Gasteiger partial charge in [-0.25, -0.2) is 0 Å². The van der Waals surface area contributed by atoms with E-state index < -0.39 is 0 Å². The van der Waals surface area contributed by atoms with Crippen LogP contribution in [-0.2, 0) is 4.74 Å². The molecule has 0 bridgehead atoms. The molecule has 3 nitrogen and oxygen atoms in total. The van der Waals surface area contributed by atoms with Crippen molar-refractivity contribution in [2.45, 2.75) is 32.8 Å². The molecule has 0 saturated carbocycles. The van der Waals surface area contributed by atoms with Crippen LogP contribution in [0.4, 0.5) is 0 Å². The summed E-state index contributed by atoms with van der Waals surface area (Å²) in [4.78, 5) is 0. The van der Waals surface area contributed by atoms with E-state index in [1.807, 2.05) is 0 Å². The van der Waals surface area contributed by atoms with Crippen molar-refractivity contribution in [2.24, 2.45) is 11.7 Å². The first-order valence-corrected chi connectivity index (χ1v) is 4.68. The molecule has 2 unspecified atom stereocenters. The molecule has 0 amide bonds. The second-order valence-corrected chi connectivity index (χ2v) is 3.11. The number of aliphatic hydroxyl groups is 1. The molecule has 0 saturated heterocycles. The number of aliphatic hydroxyl groups excluding tert-OH is 1. The second kappa shape index (κ2) is 7.53. The van der Waals surface area contributed by atoms with Gasteiger partial charge in [-0.2, -0.15) is 0 Å². The van der Waals surface area contributed by atoms with E-state index in [0.717, 1.165) is 6.42 Å². The van der Waals surface area contributed by atoms with Crippen LogP contribution in [-0.4, -0.2) is 31.0 Å². The molecular weight excluding hydrogens is 154 g/mol. The van der Waals surface area contributed by atoms with Crippen LogP contribution in [0.15, 0.2) is 0 Å². The summed E-state index contributed by atoms with van der Waals surface area (Å²) in [5.41, 5.74) is 5.54. The highest BCUT2D eigenvalue weighted by Gasteiger charge is 2.13. The summed E-state index contributed by atoms with van der Waals surface area (Å²) in [5.74, 6) is 0.508. The van der Waals surface area contributed by atoms with Crippen LogP contribution in [0.2, 0.25) is 0 Å². The standard InChI is InChI=1S/C9H21NO2/c1-3-8(2)9(7-10)12-6-4-5-11/h8-9,11H,3-7,10H2,1-2H3. The Labute approximate surface area is 74.9 Å². The molecule has 3 N–H and O–H groups in total. The van der Waals surface area contributed by atoms with E-state index in [1.54, 1.807) is 0 Å². The molecule has 0 aliphatic carbocycles. The molecule has 0 aromatic rings. The quantitative estimate of drug-likeness (QED) is 0.562. The van der Waals surface area contributed by atoms with Crippen LogP contribution in [0.1, 0.15) is 26.7 Å². The van der Waals surface area contributed by atoms with Crippen molar-refractivity contribution >= 4 is 0 Å². The summed E-state index contributed by atoms with van der Waals surface area (Å²) < 4.78 is 5.50. The molecule has 0 radical (unpaired) electrons. The van der Waals surface area contributed by atoms with E-state index in [-0.39, 0.29) is 12.7 Å². The lowest BCUT2D eigenvalue weighted by Crippen LogP contribution is -2.30.